The summed E-state index contributed by atoms with van der Waals surface area (Å²) in [5, 5.41) is 9.21. The number of nitrogens with one attached hydrogen (secondary N) is 3. The summed E-state index contributed by atoms with van der Waals surface area (Å²) in [5.74, 6) is -0.807. The van der Waals surface area contributed by atoms with Gasteiger partial charge in [-0.2, -0.15) is 5.10 Å². The van der Waals surface area contributed by atoms with Crippen LogP contribution in [-0.4, -0.2) is 21.1 Å². The maximum Gasteiger partial charge on any atom is 0.258 e. The molecule has 0 aliphatic rings. The van der Waals surface area contributed by atoms with Gasteiger partial charge in [-0.05, 0) is 12.1 Å². The monoisotopic (exact) mass is 244 g/mol. The lowest BCUT2D eigenvalue weighted by Gasteiger charge is -2.01. The van der Waals surface area contributed by atoms with Crippen LogP contribution in [0.15, 0.2) is 36.8 Å². The number of benzene rings is 1. The van der Waals surface area contributed by atoms with E-state index in [0.717, 1.165) is 0 Å². The summed E-state index contributed by atoms with van der Waals surface area (Å²) in [4.78, 5) is 14.9. The van der Waals surface area contributed by atoms with Crippen molar-refractivity contribution in [1.82, 2.24) is 15.2 Å². The molecule has 0 spiro atoms. The maximum absolute atomic E-state index is 13.7. The second-order valence-electron chi connectivity index (χ2n) is 3.81. The Morgan fingerprint density at radius 2 is 2.22 bits per heavy atom. The molecule has 0 saturated heterocycles. The van der Waals surface area contributed by atoms with E-state index in [1.54, 1.807) is 18.3 Å². The number of hydrogen-bond donors (Lipinski definition) is 3. The number of nitrogens with zero attached hydrogens (tertiary/aromatic N) is 1. The van der Waals surface area contributed by atoms with E-state index < -0.39 is 5.82 Å². The van der Waals surface area contributed by atoms with Gasteiger partial charge >= 0.3 is 0 Å². The topological polar surface area (TPSA) is 73.6 Å². The summed E-state index contributed by atoms with van der Waals surface area (Å²) in [5.41, 5.74) is 1.39. The fraction of sp³-hybridized carbons (Fsp3) is 0. The lowest BCUT2D eigenvalue weighted by atomic mass is 10.1. The van der Waals surface area contributed by atoms with Crippen LogP contribution in [0.3, 0.4) is 0 Å². The van der Waals surface area contributed by atoms with Crippen LogP contribution in [0.5, 0.6) is 0 Å². The van der Waals surface area contributed by atoms with Crippen molar-refractivity contribution in [1.29, 1.82) is 0 Å². The summed E-state index contributed by atoms with van der Waals surface area (Å²) in [6, 6.07) is 4.63. The third-order valence-electron chi connectivity index (χ3n) is 2.66. The van der Waals surface area contributed by atoms with Crippen LogP contribution in [0, 0.1) is 5.82 Å². The number of fused-ring (bicyclic) bond motifs is 1. The Balaban J connectivity index is 2.02. The molecule has 1 amide bonds. The number of aromatic amines is 2. The van der Waals surface area contributed by atoms with Crippen molar-refractivity contribution < 1.29 is 9.18 Å². The van der Waals surface area contributed by atoms with Crippen molar-refractivity contribution in [3.8, 4) is 0 Å². The van der Waals surface area contributed by atoms with Gasteiger partial charge in [0, 0.05) is 23.3 Å². The van der Waals surface area contributed by atoms with Crippen LogP contribution in [-0.2, 0) is 0 Å². The number of aromatic nitrogens is 3. The van der Waals surface area contributed by atoms with Gasteiger partial charge in [-0.3, -0.25) is 9.89 Å². The van der Waals surface area contributed by atoms with E-state index in [-0.39, 0.29) is 11.5 Å². The number of carbonyl (C=O) groups is 1. The first-order valence-corrected chi connectivity index (χ1v) is 5.31. The molecule has 5 nitrogen and oxygen atoms in total. The van der Waals surface area contributed by atoms with E-state index in [4.69, 9.17) is 0 Å². The maximum atomic E-state index is 13.7. The van der Waals surface area contributed by atoms with Crippen molar-refractivity contribution in [3.63, 3.8) is 0 Å². The summed E-state index contributed by atoms with van der Waals surface area (Å²) in [6.45, 7) is 0. The van der Waals surface area contributed by atoms with Gasteiger partial charge in [0.15, 0.2) is 0 Å². The molecule has 0 bridgehead atoms. The number of amides is 1. The van der Waals surface area contributed by atoms with Gasteiger partial charge in [-0.15, -0.1) is 0 Å². The molecule has 18 heavy (non-hydrogen) atoms. The Bertz CT molecular complexity index is 702. The normalized spacial score (nSPS) is 10.7. The van der Waals surface area contributed by atoms with Crippen molar-refractivity contribution in [2.75, 3.05) is 5.32 Å². The van der Waals surface area contributed by atoms with Crippen molar-refractivity contribution in [2.45, 2.75) is 0 Å². The molecule has 2 aromatic heterocycles. The van der Waals surface area contributed by atoms with Gasteiger partial charge < -0.3 is 10.3 Å². The van der Waals surface area contributed by atoms with E-state index in [1.165, 1.54) is 18.5 Å². The minimum absolute atomic E-state index is 0.268. The number of halogens is 1. The third kappa shape index (κ3) is 1.64. The zero-order valence-corrected chi connectivity index (χ0v) is 9.20. The Morgan fingerprint density at radius 3 is 3.00 bits per heavy atom. The first-order valence-electron chi connectivity index (χ1n) is 5.31. The SMILES string of the molecule is O=C(Nc1cn[nH]c1)c1c[nH]c2cccc(F)c12. The Labute approximate surface area is 101 Å². The van der Waals surface area contributed by atoms with Gasteiger partial charge in [-0.25, -0.2) is 4.39 Å². The first-order chi connectivity index (χ1) is 8.75. The standard InChI is InChI=1S/C12H9FN4O/c13-9-2-1-3-10-11(9)8(6-14-10)12(18)17-7-4-15-16-5-7/h1-6,14H,(H,15,16)(H,17,18). The number of hydrogen-bond acceptors (Lipinski definition) is 2. The second-order valence-corrected chi connectivity index (χ2v) is 3.81. The highest BCUT2D eigenvalue weighted by atomic mass is 19.1. The molecule has 0 unspecified atom stereocenters. The third-order valence-corrected chi connectivity index (χ3v) is 2.66. The molecule has 6 heteroatoms. The first kappa shape index (κ1) is 10.5. The Morgan fingerprint density at radius 1 is 1.33 bits per heavy atom. The molecule has 0 aliphatic heterocycles. The van der Waals surface area contributed by atoms with Crippen LogP contribution >= 0.6 is 0 Å². The minimum atomic E-state index is -0.425. The molecular weight excluding hydrogens is 235 g/mol. The highest BCUT2D eigenvalue weighted by molar-refractivity contribution is 6.12. The summed E-state index contributed by atoms with van der Waals surface area (Å²) in [6.07, 6.45) is 4.51. The average molecular weight is 244 g/mol. The predicted molar refractivity (Wildman–Crippen MR) is 64.8 cm³/mol. The van der Waals surface area contributed by atoms with Crippen molar-refractivity contribution >= 4 is 22.5 Å². The molecule has 2 heterocycles. The lowest BCUT2D eigenvalue weighted by molar-refractivity contribution is 0.102. The van der Waals surface area contributed by atoms with Gasteiger partial charge in [0.2, 0.25) is 0 Å². The van der Waals surface area contributed by atoms with Gasteiger partial charge in [-0.1, -0.05) is 6.07 Å². The molecule has 0 radical (unpaired) electrons. The number of rotatable bonds is 2. The van der Waals surface area contributed by atoms with E-state index in [1.807, 2.05) is 0 Å². The van der Waals surface area contributed by atoms with E-state index in [2.05, 4.69) is 20.5 Å². The predicted octanol–water partition coefficient (Wildman–Crippen LogP) is 2.28. The molecule has 3 rings (SSSR count). The van der Waals surface area contributed by atoms with Gasteiger partial charge in [0.05, 0.1) is 17.4 Å². The molecule has 3 N–H and O–H groups in total. The zero-order chi connectivity index (χ0) is 12.5. The van der Waals surface area contributed by atoms with Crippen LogP contribution in [0.2, 0.25) is 0 Å². The highest BCUT2D eigenvalue weighted by Gasteiger charge is 2.15. The molecule has 0 saturated carbocycles. The van der Waals surface area contributed by atoms with Crippen LogP contribution in [0.25, 0.3) is 10.9 Å². The number of H-pyrrole nitrogens is 2. The van der Waals surface area contributed by atoms with Gasteiger partial charge in [0.1, 0.15) is 5.82 Å². The van der Waals surface area contributed by atoms with Crippen LogP contribution in [0.4, 0.5) is 10.1 Å². The zero-order valence-electron chi connectivity index (χ0n) is 9.20. The average Bonchev–Trinajstić information content (AvgIpc) is 2.97. The molecule has 90 valence electrons. The number of anilines is 1. The second kappa shape index (κ2) is 3.99. The highest BCUT2D eigenvalue weighted by Crippen LogP contribution is 2.22. The molecule has 1 aromatic carbocycles. The summed E-state index contributed by atoms with van der Waals surface area (Å²) in [7, 11) is 0. The molecule has 0 fully saturated rings. The van der Waals surface area contributed by atoms with E-state index in [0.29, 0.717) is 16.6 Å². The smallest absolute Gasteiger partial charge is 0.258 e. The summed E-state index contributed by atoms with van der Waals surface area (Å²) < 4.78 is 13.7. The number of carbonyl (C=O) groups excluding carboxylic acids is 1. The minimum Gasteiger partial charge on any atom is -0.360 e. The molecule has 0 aliphatic carbocycles. The Kier molecular flexibility index (Phi) is 2.33. The summed E-state index contributed by atoms with van der Waals surface area (Å²) >= 11 is 0. The fourth-order valence-corrected chi connectivity index (χ4v) is 1.84. The van der Waals surface area contributed by atoms with Gasteiger partial charge in [0.25, 0.3) is 5.91 Å². The van der Waals surface area contributed by atoms with Crippen LogP contribution < -0.4 is 5.32 Å². The molecular formula is C12H9FN4O. The largest absolute Gasteiger partial charge is 0.360 e. The molecule has 0 atom stereocenters. The van der Waals surface area contributed by atoms with Crippen LogP contribution in [0.1, 0.15) is 10.4 Å². The van der Waals surface area contributed by atoms with E-state index in [9.17, 15) is 9.18 Å². The molecule has 3 aromatic rings. The lowest BCUT2D eigenvalue weighted by Crippen LogP contribution is -2.11. The fourth-order valence-electron chi connectivity index (χ4n) is 1.84. The van der Waals surface area contributed by atoms with Crippen molar-refractivity contribution in [2.24, 2.45) is 0 Å². The van der Waals surface area contributed by atoms with E-state index >= 15 is 0 Å². The quantitative estimate of drug-likeness (QED) is 0.647. The van der Waals surface area contributed by atoms with Crippen molar-refractivity contribution in [3.05, 3.63) is 48.2 Å². The Hall–Kier alpha value is -2.63.